The van der Waals surface area contributed by atoms with Crippen molar-refractivity contribution in [1.29, 1.82) is 0 Å². The highest BCUT2D eigenvalue weighted by molar-refractivity contribution is 6.13. The highest BCUT2D eigenvalue weighted by Crippen LogP contribution is 2.16. The maximum atomic E-state index is 3.78. The molecular weight excluding hydrogens is 157 g/mol. The Kier molecular flexibility index (Phi) is 5.78. The van der Waals surface area contributed by atoms with Crippen molar-refractivity contribution in [3.63, 3.8) is 0 Å². The van der Waals surface area contributed by atoms with Crippen LogP contribution in [0.1, 0.15) is 13.8 Å². The van der Waals surface area contributed by atoms with Crippen molar-refractivity contribution in [3.05, 3.63) is 48.9 Å². The zero-order valence-corrected chi connectivity index (χ0v) is 8.80. The first-order valence-electron chi connectivity index (χ1n) is 4.54. The molecule has 1 unspecified atom stereocenters. The summed E-state index contributed by atoms with van der Waals surface area (Å²) < 4.78 is 0. The molecule has 0 aromatic carbocycles. The maximum absolute atomic E-state index is 3.78. The van der Waals surface area contributed by atoms with Crippen LogP contribution in [-0.4, -0.2) is 7.85 Å². The van der Waals surface area contributed by atoms with Gasteiger partial charge in [0.15, 0.2) is 0 Å². The fourth-order valence-electron chi connectivity index (χ4n) is 1.14. The van der Waals surface area contributed by atoms with E-state index in [1.54, 1.807) is 6.20 Å². The van der Waals surface area contributed by atoms with Gasteiger partial charge in [-0.15, -0.1) is 0 Å². The van der Waals surface area contributed by atoms with E-state index in [-0.39, 0.29) is 0 Å². The SMILES string of the molecule is BC(C)/C(NC=C)=C(C=C)/C=C\C. The largest absolute Gasteiger partial charge is 0.365 e. The molecule has 0 saturated carbocycles. The van der Waals surface area contributed by atoms with E-state index < -0.39 is 0 Å². The summed E-state index contributed by atoms with van der Waals surface area (Å²) in [5.41, 5.74) is 2.28. The lowest BCUT2D eigenvalue weighted by atomic mass is 9.84. The van der Waals surface area contributed by atoms with Crippen LogP contribution >= 0.6 is 0 Å². The van der Waals surface area contributed by atoms with Crippen LogP contribution in [0.15, 0.2) is 48.9 Å². The zero-order chi connectivity index (χ0) is 10.3. The first-order chi connectivity index (χ1) is 6.17. The Morgan fingerprint density at radius 3 is 2.38 bits per heavy atom. The molecule has 0 aliphatic carbocycles. The predicted molar refractivity (Wildman–Crippen MR) is 63.3 cm³/mol. The highest BCUT2D eigenvalue weighted by Gasteiger charge is 2.04. The van der Waals surface area contributed by atoms with E-state index in [1.807, 2.05) is 25.2 Å². The smallest absolute Gasteiger partial charge is 0.112 e. The van der Waals surface area contributed by atoms with Crippen molar-refractivity contribution in [2.24, 2.45) is 0 Å². The second-order valence-electron chi connectivity index (χ2n) is 3.08. The van der Waals surface area contributed by atoms with Crippen molar-refractivity contribution in [2.45, 2.75) is 19.7 Å². The van der Waals surface area contributed by atoms with Crippen molar-refractivity contribution in [1.82, 2.24) is 5.32 Å². The Balaban J connectivity index is 4.98. The van der Waals surface area contributed by atoms with Gasteiger partial charge in [0.05, 0.1) is 0 Å². The summed E-state index contributed by atoms with van der Waals surface area (Å²) in [5, 5.41) is 3.14. The molecule has 0 radical (unpaired) electrons. The first-order valence-corrected chi connectivity index (χ1v) is 4.54. The number of hydrogen-bond donors (Lipinski definition) is 1. The van der Waals surface area contributed by atoms with Crippen LogP contribution in [0.3, 0.4) is 0 Å². The summed E-state index contributed by atoms with van der Waals surface area (Å²) in [7, 11) is 2.14. The van der Waals surface area contributed by atoms with Crippen LogP contribution in [0.2, 0.25) is 5.82 Å². The molecule has 2 heteroatoms. The van der Waals surface area contributed by atoms with Gasteiger partial charge in [0, 0.05) is 5.70 Å². The zero-order valence-electron chi connectivity index (χ0n) is 8.80. The lowest BCUT2D eigenvalue weighted by Crippen LogP contribution is -2.11. The average molecular weight is 175 g/mol. The summed E-state index contributed by atoms with van der Waals surface area (Å²) in [6.07, 6.45) is 7.59. The Morgan fingerprint density at radius 1 is 1.46 bits per heavy atom. The van der Waals surface area contributed by atoms with Gasteiger partial charge in [0.1, 0.15) is 7.85 Å². The fourth-order valence-corrected chi connectivity index (χ4v) is 1.14. The van der Waals surface area contributed by atoms with Gasteiger partial charge < -0.3 is 5.32 Å². The highest BCUT2D eigenvalue weighted by atomic mass is 14.9. The van der Waals surface area contributed by atoms with E-state index in [9.17, 15) is 0 Å². The first kappa shape index (κ1) is 11.8. The molecule has 0 aliphatic heterocycles. The molecule has 1 nitrogen and oxygen atoms in total. The van der Waals surface area contributed by atoms with Gasteiger partial charge in [-0.05, 0) is 24.5 Å². The van der Waals surface area contributed by atoms with Crippen LogP contribution in [0.25, 0.3) is 0 Å². The van der Waals surface area contributed by atoms with Gasteiger partial charge in [-0.1, -0.05) is 38.3 Å². The lowest BCUT2D eigenvalue weighted by Gasteiger charge is -2.13. The number of nitrogens with one attached hydrogen (secondary N) is 1. The van der Waals surface area contributed by atoms with E-state index in [2.05, 4.69) is 33.2 Å². The van der Waals surface area contributed by atoms with Crippen molar-refractivity contribution in [3.8, 4) is 0 Å². The molecule has 1 N–H and O–H groups in total. The van der Waals surface area contributed by atoms with Gasteiger partial charge in [-0.2, -0.15) is 0 Å². The molecule has 0 heterocycles. The minimum absolute atomic E-state index is 0.446. The van der Waals surface area contributed by atoms with Crippen LogP contribution in [-0.2, 0) is 0 Å². The van der Waals surface area contributed by atoms with Gasteiger partial charge in [0.2, 0.25) is 0 Å². The quantitative estimate of drug-likeness (QED) is 0.498. The summed E-state index contributed by atoms with van der Waals surface area (Å²) >= 11 is 0. The van der Waals surface area contributed by atoms with Gasteiger partial charge in [0.25, 0.3) is 0 Å². The topological polar surface area (TPSA) is 12.0 Å². The molecule has 0 aliphatic rings. The molecule has 0 spiro atoms. The maximum Gasteiger partial charge on any atom is 0.112 e. The molecular formula is C11H18BN. The molecule has 13 heavy (non-hydrogen) atoms. The minimum Gasteiger partial charge on any atom is -0.365 e. The van der Waals surface area contributed by atoms with Gasteiger partial charge in [-0.25, -0.2) is 0 Å². The van der Waals surface area contributed by atoms with Crippen molar-refractivity contribution in [2.75, 3.05) is 0 Å². The molecule has 70 valence electrons. The minimum atomic E-state index is 0.446. The molecule has 0 amide bonds. The Hall–Kier alpha value is -1.18. The van der Waals surface area contributed by atoms with E-state index in [0.717, 1.165) is 11.3 Å². The van der Waals surface area contributed by atoms with Gasteiger partial charge >= 0.3 is 0 Å². The normalized spacial score (nSPS) is 14.9. The fraction of sp³-hybridized carbons (Fsp3) is 0.273. The molecule has 0 aromatic heterocycles. The molecule has 0 aromatic rings. The average Bonchev–Trinajstić information content (AvgIpc) is 2.10. The molecule has 0 fully saturated rings. The monoisotopic (exact) mass is 175 g/mol. The third-order valence-corrected chi connectivity index (χ3v) is 1.71. The van der Waals surface area contributed by atoms with E-state index >= 15 is 0 Å². The lowest BCUT2D eigenvalue weighted by molar-refractivity contribution is 0.930. The number of rotatable bonds is 5. The Labute approximate surface area is 82.3 Å². The Morgan fingerprint density at radius 2 is 2.08 bits per heavy atom. The molecule has 0 saturated heterocycles. The van der Waals surface area contributed by atoms with Crippen LogP contribution in [0, 0.1) is 0 Å². The summed E-state index contributed by atoms with van der Waals surface area (Å²) in [4.78, 5) is 0. The van der Waals surface area contributed by atoms with Crippen LogP contribution < -0.4 is 5.32 Å². The van der Waals surface area contributed by atoms with E-state index in [1.165, 1.54) is 0 Å². The second kappa shape index (κ2) is 6.35. The third-order valence-electron chi connectivity index (χ3n) is 1.71. The van der Waals surface area contributed by atoms with Crippen molar-refractivity contribution < 1.29 is 0 Å². The third kappa shape index (κ3) is 3.84. The summed E-state index contributed by atoms with van der Waals surface area (Å²) in [5.74, 6) is 0.446. The Bertz CT molecular complexity index is 236. The number of hydrogen-bond acceptors (Lipinski definition) is 1. The van der Waals surface area contributed by atoms with E-state index in [0.29, 0.717) is 5.82 Å². The predicted octanol–water partition coefficient (Wildman–Crippen LogP) is 2.18. The molecule has 0 rings (SSSR count). The van der Waals surface area contributed by atoms with Gasteiger partial charge in [-0.3, -0.25) is 0 Å². The summed E-state index contributed by atoms with van der Waals surface area (Å²) in [6, 6.07) is 0. The molecule has 0 bridgehead atoms. The van der Waals surface area contributed by atoms with Crippen LogP contribution in [0.4, 0.5) is 0 Å². The van der Waals surface area contributed by atoms with Crippen molar-refractivity contribution >= 4 is 7.85 Å². The number of allylic oxidation sites excluding steroid dienone is 5. The van der Waals surface area contributed by atoms with Crippen LogP contribution in [0.5, 0.6) is 0 Å². The second-order valence-corrected chi connectivity index (χ2v) is 3.08. The molecule has 1 atom stereocenters. The standard InChI is InChI=1S/C11H18BN/c1-5-8-10(6-2)11(9(4)12)13-7-3/h5-9,13H,2-3,12H2,1,4H3/b8-5-,11-10-. The van der Waals surface area contributed by atoms with E-state index in [4.69, 9.17) is 0 Å². The summed E-state index contributed by atoms with van der Waals surface area (Å²) in [6.45, 7) is 11.6.